The Bertz CT molecular complexity index is 558. The first-order chi connectivity index (χ1) is 8.27. The molecule has 0 aliphatic carbocycles. The summed E-state index contributed by atoms with van der Waals surface area (Å²) in [5, 5.41) is 11.9. The highest BCUT2D eigenvalue weighted by molar-refractivity contribution is 7.91. The van der Waals surface area contributed by atoms with Crippen LogP contribution in [0, 0.1) is 0 Å². The van der Waals surface area contributed by atoms with Gasteiger partial charge in [0, 0.05) is 0 Å². The van der Waals surface area contributed by atoms with Gasteiger partial charge in [-0.05, 0) is 25.1 Å². The van der Waals surface area contributed by atoms with Crippen LogP contribution in [0.25, 0.3) is 0 Å². The van der Waals surface area contributed by atoms with Crippen LogP contribution in [0.5, 0.6) is 5.75 Å². The third kappa shape index (κ3) is 4.38. The molecule has 0 aliphatic rings. The maximum absolute atomic E-state index is 11.7. The quantitative estimate of drug-likeness (QED) is 0.716. The van der Waals surface area contributed by atoms with Crippen molar-refractivity contribution < 1.29 is 18.3 Å². The van der Waals surface area contributed by atoms with E-state index in [2.05, 4.69) is 5.32 Å². The van der Waals surface area contributed by atoms with Gasteiger partial charge in [0.15, 0.2) is 9.84 Å². The number of phenols is 1. The number of sulfone groups is 1. The van der Waals surface area contributed by atoms with Crippen molar-refractivity contribution in [3.63, 3.8) is 0 Å². The highest BCUT2D eigenvalue weighted by Gasteiger charge is 2.16. The molecule has 1 unspecified atom stereocenters. The first kappa shape index (κ1) is 17.7. The lowest BCUT2D eigenvalue weighted by atomic mass is 10.2. The molecule has 0 fully saturated rings. The van der Waals surface area contributed by atoms with Crippen LogP contribution in [0.1, 0.15) is 13.8 Å². The van der Waals surface area contributed by atoms with Crippen LogP contribution in [0.15, 0.2) is 23.1 Å². The van der Waals surface area contributed by atoms with Crippen LogP contribution in [-0.4, -0.2) is 31.2 Å². The predicted molar refractivity (Wildman–Crippen MR) is 75.4 cm³/mol. The van der Waals surface area contributed by atoms with Crippen molar-refractivity contribution in [1.82, 2.24) is 0 Å². The van der Waals surface area contributed by atoms with Gasteiger partial charge in [-0.25, -0.2) is 8.42 Å². The monoisotopic (exact) mass is 308 g/mol. The van der Waals surface area contributed by atoms with Gasteiger partial charge in [-0.15, -0.1) is 12.4 Å². The number of rotatable bonds is 4. The fourth-order valence-electron chi connectivity index (χ4n) is 1.22. The van der Waals surface area contributed by atoms with Crippen LogP contribution >= 0.6 is 12.4 Å². The number of halogens is 1. The van der Waals surface area contributed by atoms with E-state index in [0.29, 0.717) is 0 Å². The number of nitrogens with one attached hydrogen (secondary N) is 1. The first-order valence-electron chi connectivity index (χ1n) is 5.40. The number of phenolic OH excluding ortho intramolecular Hbond substituents is 1. The summed E-state index contributed by atoms with van der Waals surface area (Å²) in [7, 11) is -3.39. The van der Waals surface area contributed by atoms with Crippen molar-refractivity contribution in [2.45, 2.75) is 24.8 Å². The van der Waals surface area contributed by atoms with Crippen molar-refractivity contribution in [2.75, 3.05) is 11.1 Å². The molecule has 8 heteroatoms. The number of anilines is 1. The Hall–Kier alpha value is -1.31. The Labute approximate surface area is 118 Å². The van der Waals surface area contributed by atoms with Gasteiger partial charge in [0.1, 0.15) is 5.75 Å². The van der Waals surface area contributed by atoms with E-state index >= 15 is 0 Å². The van der Waals surface area contributed by atoms with Gasteiger partial charge >= 0.3 is 0 Å². The lowest BCUT2D eigenvalue weighted by Crippen LogP contribution is -2.32. The standard InChI is InChI=1S/C11H16N2O4S.ClH/c1-3-18(16,17)8-4-5-10(14)9(6-8)13-11(15)7(2)12;/h4-7,14H,3,12H2,1-2H3,(H,13,15);1H. The number of carbonyl (C=O) groups excluding carboxylic acids is 1. The number of benzene rings is 1. The molecular weight excluding hydrogens is 292 g/mol. The van der Waals surface area contributed by atoms with E-state index in [1.165, 1.54) is 32.0 Å². The lowest BCUT2D eigenvalue weighted by Gasteiger charge is -2.11. The topological polar surface area (TPSA) is 109 Å². The molecule has 0 saturated heterocycles. The SMILES string of the molecule is CCS(=O)(=O)c1ccc(O)c(NC(=O)C(C)N)c1.Cl. The number of carbonyl (C=O) groups is 1. The maximum atomic E-state index is 11.7. The molecule has 108 valence electrons. The van der Waals surface area contributed by atoms with E-state index in [1.807, 2.05) is 0 Å². The minimum absolute atomic E-state index is 0. The van der Waals surface area contributed by atoms with Crippen LogP contribution in [-0.2, 0) is 14.6 Å². The number of aromatic hydroxyl groups is 1. The molecule has 1 amide bonds. The number of nitrogens with two attached hydrogens (primary N) is 1. The average molecular weight is 309 g/mol. The number of hydrogen-bond donors (Lipinski definition) is 3. The molecule has 0 radical (unpaired) electrons. The zero-order valence-corrected chi connectivity index (χ0v) is 12.2. The Balaban J connectivity index is 0.00000324. The molecule has 0 spiro atoms. The van der Waals surface area contributed by atoms with Crippen LogP contribution < -0.4 is 11.1 Å². The Morgan fingerprint density at radius 2 is 2.05 bits per heavy atom. The molecule has 0 heterocycles. The zero-order chi connectivity index (χ0) is 13.9. The van der Waals surface area contributed by atoms with E-state index in [9.17, 15) is 18.3 Å². The third-order valence-electron chi connectivity index (χ3n) is 2.38. The van der Waals surface area contributed by atoms with E-state index < -0.39 is 21.8 Å². The molecule has 19 heavy (non-hydrogen) atoms. The first-order valence-corrected chi connectivity index (χ1v) is 7.05. The molecule has 0 aromatic heterocycles. The van der Waals surface area contributed by atoms with E-state index in [4.69, 9.17) is 5.73 Å². The van der Waals surface area contributed by atoms with Gasteiger partial charge in [0.2, 0.25) is 5.91 Å². The summed E-state index contributed by atoms with van der Waals surface area (Å²) in [6.45, 7) is 3.00. The second-order valence-electron chi connectivity index (χ2n) is 3.86. The second-order valence-corrected chi connectivity index (χ2v) is 6.14. The molecule has 1 aromatic rings. The molecule has 1 aromatic carbocycles. The summed E-state index contributed by atoms with van der Waals surface area (Å²) < 4.78 is 23.3. The van der Waals surface area contributed by atoms with Gasteiger partial charge in [0.25, 0.3) is 0 Å². The second kappa shape index (κ2) is 6.74. The van der Waals surface area contributed by atoms with Gasteiger partial charge in [0.05, 0.1) is 22.4 Å². The molecule has 1 rings (SSSR count). The normalized spacial score (nSPS) is 12.4. The van der Waals surface area contributed by atoms with Gasteiger partial charge in [-0.2, -0.15) is 0 Å². The van der Waals surface area contributed by atoms with Crippen LogP contribution in [0.4, 0.5) is 5.69 Å². The Morgan fingerprint density at radius 1 is 1.47 bits per heavy atom. The van der Waals surface area contributed by atoms with Gasteiger partial charge in [-0.3, -0.25) is 4.79 Å². The minimum atomic E-state index is -3.39. The van der Waals surface area contributed by atoms with Crippen LogP contribution in [0.2, 0.25) is 0 Å². The fraction of sp³-hybridized carbons (Fsp3) is 0.364. The molecule has 0 bridgehead atoms. The molecule has 1 atom stereocenters. The van der Waals surface area contributed by atoms with Crippen molar-refractivity contribution in [2.24, 2.45) is 5.73 Å². The third-order valence-corrected chi connectivity index (χ3v) is 4.11. The van der Waals surface area contributed by atoms with E-state index in [0.717, 1.165) is 0 Å². The number of amides is 1. The summed E-state index contributed by atoms with van der Waals surface area (Å²) in [5.41, 5.74) is 5.41. The van der Waals surface area contributed by atoms with Crippen molar-refractivity contribution in [3.05, 3.63) is 18.2 Å². The molecule has 0 saturated carbocycles. The summed E-state index contributed by atoms with van der Waals surface area (Å²) in [6.07, 6.45) is 0. The summed E-state index contributed by atoms with van der Waals surface area (Å²) in [5.74, 6) is -0.770. The smallest absolute Gasteiger partial charge is 0.241 e. The summed E-state index contributed by atoms with van der Waals surface area (Å²) in [4.78, 5) is 11.4. The van der Waals surface area contributed by atoms with Gasteiger partial charge in [-0.1, -0.05) is 6.92 Å². The number of hydrogen-bond acceptors (Lipinski definition) is 5. The largest absolute Gasteiger partial charge is 0.506 e. The Kier molecular flexibility index (Phi) is 6.28. The Morgan fingerprint density at radius 3 is 2.53 bits per heavy atom. The minimum Gasteiger partial charge on any atom is -0.506 e. The van der Waals surface area contributed by atoms with Crippen LogP contribution in [0.3, 0.4) is 0 Å². The molecule has 4 N–H and O–H groups in total. The highest BCUT2D eigenvalue weighted by Crippen LogP contribution is 2.26. The maximum Gasteiger partial charge on any atom is 0.241 e. The molecule has 6 nitrogen and oxygen atoms in total. The predicted octanol–water partition coefficient (Wildman–Crippen LogP) is 0.893. The summed E-state index contributed by atoms with van der Waals surface area (Å²) in [6, 6.07) is 2.97. The van der Waals surface area contributed by atoms with E-state index in [1.54, 1.807) is 0 Å². The highest BCUT2D eigenvalue weighted by atomic mass is 35.5. The lowest BCUT2D eigenvalue weighted by molar-refractivity contribution is -0.117. The average Bonchev–Trinajstić information content (AvgIpc) is 2.31. The zero-order valence-electron chi connectivity index (χ0n) is 10.6. The van der Waals surface area contributed by atoms with Crippen molar-refractivity contribution in [1.29, 1.82) is 0 Å². The molecule has 0 aliphatic heterocycles. The van der Waals surface area contributed by atoms with E-state index in [-0.39, 0.29) is 34.5 Å². The van der Waals surface area contributed by atoms with Crippen molar-refractivity contribution in [3.8, 4) is 5.75 Å². The summed E-state index contributed by atoms with van der Waals surface area (Å²) >= 11 is 0. The fourth-order valence-corrected chi connectivity index (χ4v) is 2.13. The molecular formula is C11H17ClN2O4S. The van der Waals surface area contributed by atoms with Gasteiger partial charge < -0.3 is 16.2 Å². The van der Waals surface area contributed by atoms with Crippen molar-refractivity contribution >= 4 is 33.8 Å².